The molecule has 0 unspecified atom stereocenters. The average Bonchev–Trinajstić information content (AvgIpc) is 1.94. The van der Waals surface area contributed by atoms with Crippen LogP contribution in [0.1, 0.15) is 0 Å². The normalized spacial score (nSPS) is 9.64. The standard InChI is InChI=1S/C8H12N2O/c1-10(2)8-5-6(11)3-4-7(8)9/h3-5,11H,9H2,1-2H3. The molecule has 11 heavy (non-hydrogen) atoms. The first-order valence-corrected chi connectivity index (χ1v) is 3.37. The van der Waals surface area contributed by atoms with Gasteiger partial charge in [-0.2, -0.15) is 0 Å². The summed E-state index contributed by atoms with van der Waals surface area (Å²) in [6, 6.07) is 4.89. The Morgan fingerprint density at radius 2 is 2.00 bits per heavy atom. The highest BCUT2D eigenvalue weighted by Crippen LogP contribution is 2.25. The first-order chi connectivity index (χ1) is 5.11. The van der Waals surface area contributed by atoms with Crippen LogP contribution in [-0.4, -0.2) is 19.2 Å². The van der Waals surface area contributed by atoms with Gasteiger partial charge in [-0.1, -0.05) is 0 Å². The maximum absolute atomic E-state index is 9.10. The Morgan fingerprint density at radius 1 is 1.36 bits per heavy atom. The first kappa shape index (κ1) is 7.72. The molecule has 3 nitrogen and oxygen atoms in total. The number of phenols is 1. The molecule has 0 bridgehead atoms. The van der Waals surface area contributed by atoms with Crippen molar-refractivity contribution < 1.29 is 5.11 Å². The Balaban J connectivity index is 3.13. The van der Waals surface area contributed by atoms with Crippen molar-refractivity contribution in [2.24, 2.45) is 0 Å². The lowest BCUT2D eigenvalue weighted by molar-refractivity contribution is 0.475. The summed E-state index contributed by atoms with van der Waals surface area (Å²) in [5.41, 5.74) is 7.15. The molecule has 0 aliphatic heterocycles. The molecule has 0 saturated heterocycles. The first-order valence-electron chi connectivity index (χ1n) is 3.37. The Kier molecular flexibility index (Phi) is 1.89. The fourth-order valence-corrected chi connectivity index (χ4v) is 0.919. The topological polar surface area (TPSA) is 49.5 Å². The maximum atomic E-state index is 9.10. The number of anilines is 2. The summed E-state index contributed by atoms with van der Waals surface area (Å²) in [6.07, 6.45) is 0. The summed E-state index contributed by atoms with van der Waals surface area (Å²) in [5, 5.41) is 9.10. The maximum Gasteiger partial charge on any atom is 0.117 e. The van der Waals surface area contributed by atoms with Gasteiger partial charge >= 0.3 is 0 Å². The summed E-state index contributed by atoms with van der Waals surface area (Å²) in [7, 11) is 3.76. The van der Waals surface area contributed by atoms with Gasteiger partial charge < -0.3 is 15.7 Å². The minimum atomic E-state index is 0.239. The third kappa shape index (κ3) is 1.55. The van der Waals surface area contributed by atoms with Crippen LogP contribution >= 0.6 is 0 Å². The number of hydrogen-bond donors (Lipinski definition) is 2. The largest absolute Gasteiger partial charge is 0.508 e. The number of nitrogens with two attached hydrogens (primary N) is 1. The molecule has 0 radical (unpaired) electrons. The van der Waals surface area contributed by atoms with Crippen molar-refractivity contribution in [3.8, 4) is 5.75 Å². The van der Waals surface area contributed by atoms with E-state index < -0.39 is 0 Å². The average molecular weight is 152 g/mol. The summed E-state index contributed by atoms with van der Waals surface area (Å²) >= 11 is 0. The highest BCUT2D eigenvalue weighted by molar-refractivity contribution is 5.68. The van der Waals surface area contributed by atoms with Crippen LogP contribution in [-0.2, 0) is 0 Å². The molecule has 3 heteroatoms. The molecule has 0 aliphatic rings. The van der Waals surface area contributed by atoms with Gasteiger partial charge in [0.15, 0.2) is 0 Å². The zero-order valence-corrected chi connectivity index (χ0v) is 6.70. The van der Waals surface area contributed by atoms with E-state index in [-0.39, 0.29) is 5.75 Å². The molecule has 0 aliphatic carbocycles. The number of nitrogens with zero attached hydrogens (tertiary/aromatic N) is 1. The number of hydrogen-bond acceptors (Lipinski definition) is 3. The van der Waals surface area contributed by atoms with Gasteiger partial charge in [0.25, 0.3) is 0 Å². The van der Waals surface area contributed by atoms with Crippen molar-refractivity contribution in [3.05, 3.63) is 18.2 Å². The van der Waals surface area contributed by atoms with Gasteiger partial charge in [-0.3, -0.25) is 0 Å². The van der Waals surface area contributed by atoms with E-state index in [9.17, 15) is 0 Å². The molecule has 0 saturated carbocycles. The second kappa shape index (κ2) is 2.70. The molecule has 0 heterocycles. The third-order valence-corrected chi connectivity index (χ3v) is 1.50. The molecule has 0 atom stereocenters. The molecule has 0 fully saturated rings. The van der Waals surface area contributed by atoms with Crippen molar-refractivity contribution in [2.75, 3.05) is 24.7 Å². The van der Waals surface area contributed by atoms with E-state index in [1.165, 1.54) is 0 Å². The molecule has 0 spiro atoms. The number of phenolic OH excluding ortho intramolecular Hbond substituents is 1. The van der Waals surface area contributed by atoms with Crippen molar-refractivity contribution in [3.63, 3.8) is 0 Å². The van der Waals surface area contributed by atoms with Gasteiger partial charge in [-0.05, 0) is 12.1 Å². The van der Waals surface area contributed by atoms with E-state index in [1.54, 1.807) is 18.2 Å². The fraction of sp³-hybridized carbons (Fsp3) is 0.250. The second-order valence-electron chi connectivity index (χ2n) is 2.64. The quantitative estimate of drug-likeness (QED) is 0.467. The van der Waals surface area contributed by atoms with Crippen LogP contribution in [0.15, 0.2) is 18.2 Å². The van der Waals surface area contributed by atoms with E-state index in [0.717, 1.165) is 5.69 Å². The third-order valence-electron chi connectivity index (χ3n) is 1.50. The SMILES string of the molecule is CN(C)c1cc(O)ccc1N. The molecule has 1 rings (SSSR count). The van der Waals surface area contributed by atoms with Gasteiger partial charge in [0.1, 0.15) is 5.75 Å². The van der Waals surface area contributed by atoms with Crippen LogP contribution < -0.4 is 10.6 Å². The van der Waals surface area contributed by atoms with Crippen molar-refractivity contribution in [1.82, 2.24) is 0 Å². The molecule has 1 aromatic carbocycles. The van der Waals surface area contributed by atoms with Gasteiger partial charge in [0.05, 0.1) is 11.4 Å². The predicted molar refractivity (Wildman–Crippen MR) is 46.8 cm³/mol. The van der Waals surface area contributed by atoms with Gasteiger partial charge in [-0.15, -0.1) is 0 Å². The Bertz CT molecular complexity index is 258. The summed E-state index contributed by atoms with van der Waals surface area (Å²) in [5.74, 6) is 0.239. The lowest BCUT2D eigenvalue weighted by Crippen LogP contribution is -2.10. The van der Waals surface area contributed by atoms with Crippen LogP contribution in [0.4, 0.5) is 11.4 Å². The zero-order chi connectivity index (χ0) is 8.43. The lowest BCUT2D eigenvalue weighted by atomic mass is 10.2. The smallest absolute Gasteiger partial charge is 0.117 e. The Hall–Kier alpha value is -1.38. The molecule has 0 aromatic heterocycles. The van der Waals surface area contributed by atoms with Gasteiger partial charge in [0.2, 0.25) is 0 Å². The number of benzene rings is 1. The highest BCUT2D eigenvalue weighted by Gasteiger charge is 2.00. The van der Waals surface area contributed by atoms with E-state index in [4.69, 9.17) is 10.8 Å². The van der Waals surface area contributed by atoms with Crippen LogP contribution in [0, 0.1) is 0 Å². The van der Waals surface area contributed by atoms with Crippen LogP contribution in [0.5, 0.6) is 5.75 Å². The highest BCUT2D eigenvalue weighted by atomic mass is 16.3. The van der Waals surface area contributed by atoms with Gasteiger partial charge in [-0.25, -0.2) is 0 Å². The molecule has 3 N–H and O–H groups in total. The van der Waals surface area contributed by atoms with E-state index in [0.29, 0.717) is 5.69 Å². The number of nitrogen functional groups attached to an aromatic ring is 1. The van der Waals surface area contributed by atoms with Crippen molar-refractivity contribution in [2.45, 2.75) is 0 Å². The summed E-state index contributed by atoms with van der Waals surface area (Å²) in [6.45, 7) is 0. The van der Waals surface area contributed by atoms with Gasteiger partial charge in [0, 0.05) is 20.2 Å². The minimum Gasteiger partial charge on any atom is -0.508 e. The number of rotatable bonds is 1. The molecule has 0 amide bonds. The van der Waals surface area contributed by atoms with Crippen LogP contribution in [0.25, 0.3) is 0 Å². The summed E-state index contributed by atoms with van der Waals surface area (Å²) < 4.78 is 0. The van der Waals surface area contributed by atoms with E-state index in [2.05, 4.69) is 0 Å². The Labute approximate surface area is 66.1 Å². The molecular weight excluding hydrogens is 140 g/mol. The predicted octanol–water partition coefficient (Wildman–Crippen LogP) is 1.04. The van der Waals surface area contributed by atoms with E-state index in [1.807, 2.05) is 19.0 Å². The molecular formula is C8H12N2O. The number of aromatic hydroxyl groups is 1. The zero-order valence-electron chi connectivity index (χ0n) is 6.70. The van der Waals surface area contributed by atoms with Crippen LogP contribution in [0.3, 0.4) is 0 Å². The lowest BCUT2D eigenvalue weighted by Gasteiger charge is -2.14. The molecule has 1 aromatic rings. The van der Waals surface area contributed by atoms with Crippen molar-refractivity contribution >= 4 is 11.4 Å². The second-order valence-corrected chi connectivity index (χ2v) is 2.64. The van der Waals surface area contributed by atoms with Crippen LogP contribution in [0.2, 0.25) is 0 Å². The molecule has 60 valence electrons. The Morgan fingerprint density at radius 3 is 2.45 bits per heavy atom. The fourth-order valence-electron chi connectivity index (χ4n) is 0.919. The van der Waals surface area contributed by atoms with E-state index >= 15 is 0 Å². The minimum absolute atomic E-state index is 0.239. The monoisotopic (exact) mass is 152 g/mol. The summed E-state index contributed by atoms with van der Waals surface area (Å²) in [4.78, 5) is 1.86. The van der Waals surface area contributed by atoms with Crippen molar-refractivity contribution in [1.29, 1.82) is 0 Å².